The fourth-order valence-electron chi connectivity index (χ4n) is 3.13. The summed E-state index contributed by atoms with van der Waals surface area (Å²) in [6, 6.07) is 12.0. The Morgan fingerprint density at radius 1 is 0.800 bits per heavy atom. The van der Waals surface area contributed by atoms with Gasteiger partial charge in [0.05, 0.1) is 13.2 Å². The Morgan fingerprint density at radius 2 is 1.40 bits per heavy atom. The number of hydrogen-bond acceptors (Lipinski definition) is 7. The van der Waals surface area contributed by atoms with E-state index >= 15 is 0 Å². The summed E-state index contributed by atoms with van der Waals surface area (Å²) in [7, 11) is 0. The first-order valence-corrected chi connectivity index (χ1v) is 10.3. The molecule has 2 aromatic carbocycles. The zero-order chi connectivity index (χ0) is 21.1. The molecule has 8 heteroatoms. The van der Waals surface area contributed by atoms with Crippen LogP contribution in [-0.4, -0.2) is 41.3 Å². The molecular formula is C22H25ClN6O. The van der Waals surface area contributed by atoms with Gasteiger partial charge in [0.1, 0.15) is 0 Å². The maximum Gasteiger partial charge on any atom is 0.233 e. The van der Waals surface area contributed by atoms with Crippen molar-refractivity contribution in [2.45, 2.75) is 20.8 Å². The molecule has 0 unspecified atom stereocenters. The second-order valence-electron chi connectivity index (χ2n) is 7.40. The normalized spacial score (nSPS) is 13.9. The molecule has 1 saturated heterocycles. The third-order valence-electron chi connectivity index (χ3n) is 5.11. The second-order valence-corrected chi connectivity index (χ2v) is 7.80. The van der Waals surface area contributed by atoms with Crippen LogP contribution in [0.15, 0.2) is 36.4 Å². The van der Waals surface area contributed by atoms with E-state index in [0.29, 0.717) is 36.1 Å². The molecule has 0 spiro atoms. The number of morpholine rings is 1. The van der Waals surface area contributed by atoms with Gasteiger partial charge in [-0.2, -0.15) is 15.0 Å². The van der Waals surface area contributed by atoms with Gasteiger partial charge in [-0.3, -0.25) is 0 Å². The van der Waals surface area contributed by atoms with Gasteiger partial charge in [0.2, 0.25) is 17.8 Å². The van der Waals surface area contributed by atoms with E-state index in [1.54, 1.807) is 0 Å². The van der Waals surface area contributed by atoms with Crippen LogP contribution in [0.25, 0.3) is 0 Å². The predicted octanol–water partition coefficient (Wildman–Crippen LogP) is 4.77. The lowest BCUT2D eigenvalue weighted by atomic mass is 10.1. The molecule has 0 bridgehead atoms. The summed E-state index contributed by atoms with van der Waals surface area (Å²) in [5.41, 5.74) is 5.21. The minimum Gasteiger partial charge on any atom is -0.378 e. The number of nitrogens with one attached hydrogen (secondary N) is 2. The van der Waals surface area contributed by atoms with Gasteiger partial charge in [0, 0.05) is 29.5 Å². The third-order valence-corrected chi connectivity index (χ3v) is 5.52. The van der Waals surface area contributed by atoms with Crippen molar-refractivity contribution >= 4 is 40.8 Å². The number of aromatic nitrogens is 3. The molecule has 156 valence electrons. The van der Waals surface area contributed by atoms with Crippen LogP contribution in [0.4, 0.5) is 29.2 Å². The fraction of sp³-hybridized carbons (Fsp3) is 0.318. The molecule has 1 aliphatic rings. The molecule has 0 atom stereocenters. The molecule has 1 aromatic heterocycles. The van der Waals surface area contributed by atoms with Crippen LogP contribution < -0.4 is 15.5 Å². The topological polar surface area (TPSA) is 75.2 Å². The zero-order valence-corrected chi connectivity index (χ0v) is 18.1. The number of benzene rings is 2. The lowest BCUT2D eigenvalue weighted by Gasteiger charge is -2.27. The van der Waals surface area contributed by atoms with Crippen LogP contribution in [0.3, 0.4) is 0 Å². The van der Waals surface area contributed by atoms with Crippen LogP contribution in [0, 0.1) is 20.8 Å². The average Bonchev–Trinajstić information content (AvgIpc) is 2.74. The molecule has 1 aliphatic heterocycles. The number of nitrogens with zero attached hydrogens (tertiary/aromatic N) is 4. The molecule has 2 N–H and O–H groups in total. The predicted molar refractivity (Wildman–Crippen MR) is 122 cm³/mol. The van der Waals surface area contributed by atoms with Gasteiger partial charge >= 0.3 is 0 Å². The lowest BCUT2D eigenvalue weighted by molar-refractivity contribution is 0.122. The second kappa shape index (κ2) is 8.85. The maximum absolute atomic E-state index is 6.27. The maximum atomic E-state index is 6.27. The van der Waals surface area contributed by atoms with Crippen LogP contribution in [0.5, 0.6) is 0 Å². The van der Waals surface area contributed by atoms with Crippen LogP contribution >= 0.6 is 11.6 Å². The molecule has 30 heavy (non-hydrogen) atoms. The molecule has 0 radical (unpaired) electrons. The lowest BCUT2D eigenvalue weighted by Crippen LogP contribution is -2.37. The van der Waals surface area contributed by atoms with E-state index < -0.39 is 0 Å². The highest BCUT2D eigenvalue weighted by Gasteiger charge is 2.17. The van der Waals surface area contributed by atoms with E-state index in [4.69, 9.17) is 16.3 Å². The highest BCUT2D eigenvalue weighted by atomic mass is 35.5. The van der Waals surface area contributed by atoms with Crippen LogP contribution in [0.1, 0.15) is 16.7 Å². The Hall–Kier alpha value is -2.90. The van der Waals surface area contributed by atoms with E-state index in [9.17, 15) is 0 Å². The number of anilines is 5. The Balaban J connectivity index is 1.66. The summed E-state index contributed by atoms with van der Waals surface area (Å²) in [6.07, 6.45) is 0. The zero-order valence-electron chi connectivity index (χ0n) is 17.4. The van der Waals surface area contributed by atoms with Crippen LogP contribution in [-0.2, 0) is 4.74 Å². The Bertz CT molecular complexity index is 980. The van der Waals surface area contributed by atoms with Gasteiger partial charge in [-0.05, 0) is 61.7 Å². The Kier molecular flexibility index (Phi) is 6.01. The van der Waals surface area contributed by atoms with Gasteiger partial charge in [-0.15, -0.1) is 0 Å². The van der Waals surface area contributed by atoms with E-state index in [1.165, 1.54) is 11.1 Å². The van der Waals surface area contributed by atoms with Gasteiger partial charge in [-0.1, -0.05) is 23.7 Å². The first kappa shape index (κ1) is 20.4. The van der Waals surface area contributed by atoms with Gasteiger partial charge in [-0.25, -0.2) is 0 Å². The van der Waals surface area contributed by atoms with Crippen molar-refractivity contribution < 1.29 is 4.74 Å². The number of ether oxygens (including phenoxy) is 1. The quantitative estimate of drug-likeness (QED) is 0.610. The van der Waals surface area contributed by atoms with Crippen molar-refractivity contribution in [3.05, 3.63) is 58.1 Å². The number of halogens is 1. The summed E-state index contributed by atoms with van der Waals surface area (Å²) in [6.45, 7) is 8.93. The molecule has 0 amide bonds. The van der Waals surface area contributed by atoms with E-state index in [0.717, 1.165) is 30.0 Å². The summed E-state index contributed by atoms with van der Waals surface area (Å²) >= 11 is 6.27. The molecular weight excluding hydrogens is 400 g/mol. The molecule has 0 aliphatic carbocycles. The number of rotatable bonds is 5. The largest absolute Gasteiger partial charge is 0.378 e. The van der Waals surface area contributed by atoms with Crippen molar-refractivity contribution in [2.75, 3.05) is 41.8 Å². The molecule has 2 heterocycles. The van der Waals surface area contributed by atoms with Crippen molar-refractivity contribution in [2.24, 2.45) is 0 Å². The van der Waals surface area contributed by atoms with Gasteiger partial charge in [0.15, 0.2) is 0 Å². The van der Waals surface area contributed by atoms with Crippen molar-refractivity contribution in [3.63, 3.8) is 0 Å². The Morgan fingerprint density at radius 3 is 2.00 bits per heavy atom. The number of hydrogen-bond donors (Lipinski definition) is 2. The third kappa shape index (κ3) is 4.80. The van der Waals surface area contributed by atoms with Crippen LogP contribution in [0.2, 0.25) is 5.02 Å². The van der Waals surface area contributed by atoms with Gasteiger partial charge < -0.3 is 20.3 Å². The fourth-order valence-corrected chi connectivity index (χ4v) is 3.31. The summed E-state index contributed by atoms with van der Waals surface area (Å²) < 4.78 is 5.46. The molecule has 7 nitrogen and oxygen atoms in total. The summed E-state index contributed by atoms with van der Waals surface area (Å²) in [4.78, 5) is 16.0. The van der Waals surface area contributed by atoms with E-state index in [1.807, 2.05) is 31.2 Å². The highest BCUT2D eigenvalue weighted by Crippen LogP contribution is 2.25. The first-order valence-electron chi connectivity index (χ1n) is 9.94. The minimum absolute atomic E-state index is 0.456. The SMILES string of the molecule is Cc1ccc(Nc2nc(Nc3ccc(C)c(Cl)c3)nc(N3CCOCC3)n2)cc1C. The molecule has 0 saturated carbocycles. The van der Waals surface area contributed by atoms with Crippen molar-refractivity contribution in [1.29, 1.82) is 0 Å². The average molecular weight is 425 g/mol. The standard InChI is InChI=1S/C22H25ClN6O/c1-14-4-6-17(12-16(14)3)24-20-26-21(25-18-7-5-15(2)19(23)13-18)28-22(27-20)29-8-10-30-11-9-29/h4-7,12-13H,8-11H2,1-3H3,(H2,24,25,26,27,28). The number of aryl methyl sites for hydroxylation is 3. The highest BCUT2D eigenvalue weighted by molar-refractivity contribution is 6.31. The smallest absolute Gasteiger partial charge is 0.233 e. The minimum atomic E-state index is 0.456. The van der Waals surface area contributed by atoms with E-state index in [2.05, 4.69) is 56.5 Å². The first-order chi connectivity index (χ1) is 14.5. The van der Waals surface area contributed by atoms with Crippen molar-refractivity contribution in [1.82, 2.24) is 15.0 Å². The Labute approximate surface area is 181 Å². The van der Waals surface area contributed by atoms with Gasteiger partial charge in [0.25, 0.3) is 0 Å². The van der Waals surface area contributed by atoms with E-state index in [-0.39, 0.29) is 0 Å². The monoisotopic (exact) mass is 424 g/mol. The molecule has 1 fully saturated rings. The molecule has 3 aromatic rings. The van der Waals surface area contributed by atoms with Crippen molar-refractivity contribution in [3.8, 4) is 0 Å². The summed E-state index contributed by atoms with van der Waals surface area (Å²) in [5.74, 6) is 1.55. The summed E-state index contributed by atoms with van der Waals surface area (Å²) in [5, 5.41) is 7.26. The molecule has 4 rings (SSSR count).